The van der Waals surface area contributed by atoms with Crippen molar-refractivity contribution in [3.8, 4) is 0 Å². The van der Waals surface area contributed by atoms with Gasteiger partial charge in [0.05, 0.1) is 5.52 Å². The van der Waals surface area contributed by atoms with E-state index in [1.165, 1.54) is 25.7 Å². The van der Waals surface area contributed by atoms with Crippen LogP contribution in [0.4, 0.5) is 0 Å². The number of nitrogens with zero attached hydrogens (tertiary/aromatic N) is 3. The van der Waals surface area contributed by atoms with E-state index in [0.717, 1.165) is 35.2 Å². The van der Waals surface area contributed by atoms with E-state index in [1.807, 2.05) is 36.0 Å². The molecule has 1 unspecified atom stereocenters. The number of fused-ring (bicyclic) bond motifs is 2. The van der Waals surface area contributed by atoms with Crippen LogP contribution in [0.15, 0.2) is 24.3 Å². The van der Waals surface area contributed by atoms with Gasteiger partial charge in [-0.2, -0.15) is 5.10 Å². The summed E-state index contributed by atoms with van der Waals surface area (Å²) in [6.45, 7) is 0.954. The molecule has 3 saturated carbocycles. The van der Waals surface area contributed by atoms with Gasteiger partial charge in [-0.1, -0.05) is 24.6 Å². The molecule has 0 N–H and O–H groups in total. The van der Waals surface area contributed by atoms with Crippen LogP contribution in [0.2, 0.25) is 0 Å². The molecule has 1 aliphatic heterocycles. The number of aryl methyl sites for hydroxylation is 1. The van der Waals surface area contributed by atoms with Crippen molar-refractivity contribution in [1.82, 2.24) is 14.7 Å². The van der Waals surface area contributed by atoms with E-state index in [9.17, 15) is 4.79 Å². The van der Waals surface area contributed by atoms with Crippen molar-refractivity contribution in [2.75, 3.05) is 6.54 Å². The van der Waals surface area contributed by atoms with Crippen molar-refractivity contribution in [1.29, 1.82) is 0 Å². The molecule has 2 heterocycles. The second kappa shape index (κ2) is 4.34. The first-order chi connectivity index (χ1) is 10.7. The molecule has 114 valence electrons. The van der Waals surface area contributed by atoms with Crippen LogP contribution in [0.3, 0.4) is 0 Å². The summed E-state index contributed by atoms with van der Waals surface area (Å²) in [5.74, 6) is 2.51. The van der Waals surface area contributed by atoms with E-state index in [4.69, 9.17) is 0 Å². The molecule has 1 saturated heterocycles. The Balaban J connectivity index is 1.54. The number of hydrogen-bond donors (Lipinski definition) is 0. The van der Waals surface area contributed by atoms with E-state index in [1.54, 1.807) is 0 Å². The van der Waals surface area contributed by atoms with Crippen LogP contribution in [0.25, 0.3) is 10.9 Å². The molecule has 6 rings (SSSR count). The zero-order chi connectivity index (χ0) is 14.8. The first kappa shape index (κ1) is 12.7. The Morgan fingerprint density at radius 3 is 2.91 bits per heavy atom. The van der Waals surface area contributed by atoms with E-state index in [2.05, 4.69) is 10.00 Å². The second-order valence-electron chi connectivity index (χ2n) is 7.35. The summed E-state index contributed by atoms with van der Waals surface area (Å²) in [4.78, 5) is 15.3. The van der Waals surface area contributed by atoms with Gasteiger partial charge in [-0.3, -0.25) is 9.48 Å². The van der Waals surface area contributed by atoms with Gasteiger partial charge >= 0.3 is 0 Å². The zero-order valence-corrected chi connectivity index (χ0v) is 12.9. The molecule has 1 aromatic carbocycles. The highest BCUT2D eigenvalue weighted by Crippen LogP contribution is 2.51. The molecule has 4 bridgehead atoms. The molecule has 4 atom stereocenters. The van der Waals surface area contributed by atoms with Crippen LogP contribution < -0.4 is 0 Å². The highest BCUT2D eigenvalue weighted by molar-refractivity contribution is 6.05. The molecule has 2 aromatic rings. The third-order valence-corrected chi connectivity index (χ3v) is 6.27. The number of benzene rings is 1. The predicted molar refractivity (Wildman–Crippen MR) is 84.5 cm³/mol. The van der Waals surface area contributed by atoms with Gasteiger partial charge < -0.3 is 4.90 Å². The molecule has 0 spiro atoms. The maximum atomic E-state index is 13.1. The highest BCUT2D eigenvalue weighted by atomic mass is 16.2. The third-order valence-electron chi connectivity index (χ3n) is 6.27. The summed E-state index contributed by atoms with van der Waals surface area (Å²) in [5, 5.41) is 5.52. The minimum Gasteiger partial charge on any atom is -0.334 e. The number of hydrogen-bond acceptors (Lipinski definition) is 2. The summed E-state index contributed by atoms with van der Waals surface area (Å²) in [7, 11) is 1.92. The Morgan fingerprint density at radius 2 is 2.09 bits per heavy atom. The smallest absolute Gasteiger partial charge is 0.275 e. The standard InChI is InChI=1S/C18H21N3O/c1-20-15-5-3-2-4-14(15)17(19-20)18(22)21-10-12-8-11-6-7-13(12)16(21)9-11/h2-5,11-13,16H,6-10H2,1H3/t11-,12+,13?,16+/m1/s1. The zero-order valence-electron chi connectivity index (χ0n) is 12.9. The molecular weight excluding hydrogens is 274 g/mol. The largest absolute Gasteiger partial charge is 0.334 e. The third kappa shape index (κ3) is 1.58. The van der Waals surface area contributed by atoms with E-state index in [-0.39, 0.29) is 5.91 Å². The van der Waals surface area contributed by atoms with Crippen LogP contribution in [0.1, 0.15) is 36.2 Å². The second-order valence-corrected chi connectivity index (χ2v) is 7.35. The minimum absolute atomic E-state index is 0.150. The predicted octanol–water partition coefficient (Wildman–Crippen LogP) is 2.83. The summed E-state index contributed by atoms with van der Waals surface area (Å²) >= 11 is 0. The van der Waals surface area contributed by atoms with Crippen LogP contribution in [0, 0.1) is 17.8 Å². The molecule has 0 radical (unpaired) electrons. The van der Waals surface area contributed by atoms with Gasteiger partial charge in [-0.25, -0.2) is 0 Å². The van der Waals surface area contributed by atoms with E-state index >= 15 is 0 Å². The lowest BCUT2D eigenvalue weighted by molar-refractivity contribution is 0.0605. The average Bonchev–Trinajstić information content (AvgIpc) is 3.03. The summed E-state index contributed by atoms with van der Waals surface area (Å²) in [5.41, 5.74) is 1.68. The summed E-state index contributed by atoms with van der Waals surface area (Å²) < 4.78 is 1.83. The monoisotopic (exact) mass is 295 g/mol. The van der Waals surface area contributed by atoms with Crippen molar-refractivity contribution in [2.24, 2.45) is 24.8 Å². The fourth-order valence-electron chi connectivity index (χ4n) is 5.32. The van der Waals surface area contributed by atoms with Crippen LogP contribution >= 0.6 is 0 Å². The molecule has 4 fully saturated rings. The lowest BCUT2D eigenvalue weighted by atomic mass is 9.65. The lowest BCUT2D eigenvalue weighted by Gasteiger charge is -2.42. The number of rotatable bonds is 1. The maximum Gasteiger partial charge on any atom is 0.275 e. The SMILES string of the molecule is Cn1nc(C(=O)N2C[C@@H]3C[C@H]4CCC3[C@@H]2C4)c2ccccc21. The summed E-state index contributed by atoms with van der Waals surface area (Å²) in [6, 6.07) is 8.52. The quantitative estimate of drug-likeness (QED) is 0.811. The Labute approximate surface area is 130 Å². The fourth-order valence-corrected chi connectivity index (χ4v) is 5.32. The van der Waals surface area contributed by atoms with Gasteiger partial charge in [0.1, 0.15) is 0 Å². The topological polar surface area (TPSA) is 38.1 Å². The molecule has 4 heteroatoms. The molecule has 1 amide bonds. The number of para-hydroxylation sites is 1. The lowest BCUT2D eigenvalue weighted by Crippen LogP contribution is -2.43. The molecule has 3 aliphatic carbocycles. The van der Waals surface area contributed by atoms with Crippen molar-refractivity contribution >= 4 is 16.8 Å². The number of carbonyl (C=O) groups excluding carboxylic acids is 1. The van der Waals surface area contributed by atoms with Gasteiger partial charge in [0, 0.05) is 25.0 Å². The summed E-state index contributed by atoms with van der Waals surface area (Å²) in [6.07, 6.45) is 5.27. The number of aromatic nitrogens is 2. The molecule has 1 aromatic heterocycles. The minimum atomic E-state index is 0.150. The van der Waals surface area contributed by atoms with Gasteiger partial charge in [-0.05, 0) is 43.1 Å². The van der Waals surface area contributed by atoms with Crippen molar-refractivity contribution in [2.45, 2.75) is 31.7 Å². The van der Waals surface area contributed by atoms with Gasteiger partial charge in [0.15, 0.2) is 5.69 Å². The molecule has 4 aliphatic rings. The first-order valence-corrected chi connectivity index (χ1v) is 8.45. The first-order valence-electron chi connectivity index (χ1n) is 8.45. The highest BCUT2D eigenvalue weighted by Gasteiger charge is 2.51. The van der Waals surface area contributed by atoms with Crippen molar-refractivity contribution < 1.29 is 4.79 Å². The number of likely N-dealkylation sites (tertiary alicyclic amines) is 1. The van der Waals surface area contributed by atoms with Crippen molar-refractivity contribution in [3.05, 3.63) is 30.0 Å². The van der Waals surface area contributed by atoms with E-state index in [0.29, 0.717) is 11.7 Å². The van der Waals surface area contributed by atoms with Crippen LogP contribution in [-0.4, -0.2) is 33.2 Å². The van der Waals surface area contributed by atoms with Crippen molar-refractivity contribution in [3.63, 3.8) is 0 Å². The van der Waals surface area contributed by atoms with Crippen LogP contribution in [0.5, 0.6) is 0 Å². The van der Waals surface area contributed by atoms with Gasteiger partial charge in [0.25, 0.3) is 5.91 Å². The Morgan fingerprint density at radius 1 is 1.23 bits per heavy atom. The maximum absolute atomic E-state index is 13.1. The normalized spacial score (nSPS) is 32.9. The average molecular weight is 295 g/mol. The Kier molecular flexibility index (Phi) is 2.50. The molecule has 22 heavy (non-hydrogen) atoms. The van der Waals surface area contributed by atoms with Crippen LogP contribution in [-0.2, 0) is 7.05 Å². The number of carbonyl (C=O) groups is 1. The molecular formula is C18H21N3O. The van der Waals surface area contributed by atoms with E-state index < -0.39 is 0 Å². The fraction of sp³-hybridized carbons (Fsp3) is 0.556. The molecule has 4 nitrogen and oxygen atoms in total. The number of amides is 1. The Bertz CT molecular complexity index is 765. The Hall–Kier alpha value is -1.84. The van der Waals surface area contributed by atoms with Gasteiger partial charge in [0.2, 0.25) is 0 Å². The van der Waals surface area contributed by atoms with Gasteiger partial charge in [-0.15, -0.1) is 0 Å².